The molecule has 0 aromatic heterocycles. The molecule has 1 aromatic rings. The summed E-state index contributed by atoms with van der Waals surface area (Å²) in [5, 5.41) is 15.0. The Hall–Kier alpha value is -2.59. The number of methoxy groups -OCH3 is 1. The summed E-state index contributed by atoms with van der Waals surface area (Å²) in [5.41, 5.74) is 1.99. The molecule has 0 radical (unpaired) electrons. The van der Waals surface area contributed by atoms with Gasteiger partial charge < -0.3 is 20.1 Å². The van der Waals surface area contributed by atoms with Gasteiger partial charge in [-0.3, -0.25) is 0 Å². The molecule has 24 heavy (non-hydrogen) atoms. The van der Waals surface area contributed by atoms with E-state index < -0.39 is 12.0 Å². The van der Waals surface area contributed by atoms with Crippen molar-refractivity contribution in [2.24, 2.45) is 0 Å². The Kier molecular flexibility index (Phi) is 6.15. The quantitative estimate of drug-likeness (QED) is 0.465. The number of thiocarbonyl (C=S) groups is 1. The third kappa shape index (κ3) is 4.24. The van der Waals surface area contributed by atoms with Gasteiger partial charge in [0.25, 0.3) is 0 Å². The molecule has 0 unspecified atom stereocenters. The van der Waals surface area contributed by atoms with Crippen molar-refractivity contribution < 1.29 is 14.3 Å². The average Bonchev–Trinajstić information content (AvgIpc) is 2.58. The number of ether oxygens (including phenoxy) is 2. The zero-order chi connectivity index (χ0) is 17.5. The molecule has 1 aliphatic heterocycles. The van der Waals surface area contributed by atoms with Gasteiger partial charge in [0, 0.05) is 12.1 Å². The first-order valence-electron chi connectivity index (χ1n) is 7.53. The molecule has 6 nitrogen and oxygen atoms in total. The number of benzene rings is 1. The van der Waals surface area contributed by atoms with Gasteiger partial charge in [-0.05, 0) is 43.3 Å². The van der Waals surface area contributed by atoms with Crippen molar-refractivity contribution in [2.45, 2.75) is 25.8 Å². The lowest BCUT2D eigenvalue weighted by Crippen LogP contribution is -2.45. The number of hydrogen-bond donors (Lipinski definition) is 2. The van der Waals surface area contributed by atoms with Crippen LogP contribution < -0.4 is 15.4 Å². The van der Waals surface area contributed by atoms with E-state index in [1.54, 1.807) is 6.92 Å². The van der Waals surface area contributed by atoms with Crippen LogP contribution in [0.3, 0.4) is 0 Å². The van der Waals surface area contributed by atoms with Gasteiger partial charge in [-0.2, -0.15) is 5.26 Å². The van der Waals surface area contributed by atoms with Crippen molar-refractivity contribution in [2.75, 3.05) is 13.7 Å². The standard InChI is InChI=1S/C17H19N3O3S/c1-11-14(16(21)22-2)15(20-17(24)19-11)12-6-5-7-13(10-12)23-9-4-3-8-18/h5-7,10,15H,3-4,9H2,1-2H3,(H2,19,20,24)/t15-/m0/s1. The molecule has 2 N–H and O–H groups in total. The number of nitriles is 1. The number of allylic oxidation sites excluding steroid dienone is 1. The number of esters is 1. The van der Waals surface area contributed by atoms with Crippen LogP contribution in [-0.2, 0) is 9.53 Å². The number of nitrogens with zero attached hydrogens (tertiary/aromatic N) is 1. The third-order valence-electron chi connectivity index (χ3n) is 3.57. The molecule has 7 heteroatoms. The van der Waals surface area contributed by atoms with E-state index in [1.165, 1.54) is 7.11 Å². The fraction of sp³-hybridized carbons (Fsp3) is 0.353. The minimum Gasteiger partial charge on any atom is -0.494 e. The van der Waals surface area contributed by atoms with Crippen LogP contribution in [-0.4, -0.2) is 24.8 Å². The topological polar surface area (TPSA) is 83.4 Å². The smallest absolute Gasteiger partial charge is 0.337 e. The number of rotatable bonds is 6. The van der Waals surface area contributed by atoms with Gasteiger partial charge in [-0.15, -0.1) is 0 Å². The summed E-state index contributed by atoms with van der Waals surface area (Å²) in [6.07, 6.45) is 1.13. The maximum atomic E-state index is 12.1. The molecule has 0 amide bonds. The highest BCUT2D eigenvalue weighted by Gasteiger charge is 2.30. The highest BCUT2D eigenvalue weighted by atomic mass is 32.1. The van der Waals surface area contributed by atoms with Crippen LogP contribution in [0.25, 0.3) is 0 Å². The zero-order valence-corrected chi connectivity index (χ0v) is 14.4. The van der Waals surface area contributed by atoms with Crippen LogP contribution in [0.15, 0.2) is 35.5 Å². The maximum absolute atomic E-state index is 12.1. The van der Waals surface area contributed by atoms with Gasteiger partial charge in [-0.1, -0.05) is 12.1 Å². The summed E-state index contributed by atoms with van der Waals surface area (Å²) >= 11 is 5.20. The number of nitrogens with one attached hydrogen (secondary N) is 2. The molecule has 0 spiro atoms. The Balaban J connectivity index is 2.25. The molecule has 0 saturated carbocycles. The Bertz CT molecular complexity index is 709. The van der Waals surface area contributed by atoms with E-state index in [0.29, 0.717) is 41.6 Å². The van der Waals surface area contributed by atoms with Crippen LogP contribution in [0.2, 0.25) is 0 Å². The minimum absolute atomic E-state index is 0.408. The SMILES string of the molecule is COC(=O)C1=C(C)NC(=S)N[C@H]1c1cccc(OCCCC#N)c1. The number of carbonyl (C=O) groups is 1. The van der Waals surface area contributed by atoms with Crippen LogP contribution in [0.4, 0.5) is 0 Å². The largest absolute Gasteiger partial charge is 0.494 e. The molecule has 1 atom stereocenters. The van der Waals surface area contributed by atoms with Crippen molar-refractivity contribution in [3.05, 3.63) is 41.1 Å². The summed E-state index contributed by atoms with van der Waals surface area (Å²) in [4.78, 5) is 12.1. The van der Waals surface area contributed by atoms with E-state index >= 15 is 0 Å². The molecule has 1 aromatic carbocycles. The van der Waals surface area contributed by atoms with E-state index in [9.17, 15) is 4.79 Å². The van der Waals surface area contributed by atoms with Gasteiger partial charge >= 0.3 is 5.97 Å². The summed E-state index contributed by atoms with van der Waals surface area (Å²) in [6.45, 7) is 2.25. The average molecular weight is 345 g/mol. The molecule has 0 saturated heterocycles. The predicted molar refractivity (Wildman–Crippen MR) is 93.1 cm³/mol. The van der Waals surface area contributed by atoms with E-state index in [1.807, 2.05) is 24.3 Å². The highest BCUT2D eigenvalue weighted by Crippen LogP contribution is 2.29. The molecule has 126 valence electrons. The third-order valence-corrected chi connectivity index (χ3v) is 3.79. The summed E-state index contributed by atoms with van der Waals surface area (Å²) in [7, 11) is 1.35. The van der Waals surface area contributed by atoms with Crippen molar-refractivity contribution in [1.29, 1.82) is 5.26 Å². The van der Waals surface area contributed by atoms with Crippen molar-refractivity contribution in [3.8, 4) is 11.8 Å². The van der Waals surface area contributed by atoms with Crippen LogP contribution in [0, 0.1) is 11.3 Å². The van der Waals surface area contributed by atoms with Crippen LogP contribution >= 0.6 is 12.2 Å². The molecule has 1 heterocycles. The summed E-state index contributed by atoms with van der Waals surface area (Å²) in [6, 6.07) is 9.11. The first kappa shape index (κ1) is 17.8. The Morgan fingerprint density at radius 2 is 2.25 bits per heavy atom. The molecule has 1 aliphatic rings. The lowest BCUT2D eigenvalue weighted by atomic mass is 9.95. The molecule has 0 bridgehead atoms. The van der Waals surface area contributed by atoms with Gasteiger partial charge in [0.1, 0.15) is 5.75 Å². The van der Waals surface area contributed by atoms with Crippen molar-refractivity contribution in [1.82, 2.24) is 10.6 Å². The van der Waals surface area contributed by atoms with Crippen LogP contribution in [0.5, 0.6) is 5.75 Å². The lowest BCUT2D eigenvalue weighted by molar-refractivity contribution is -0.136. The summed E-state index contributed by atoms with van der Waals surface area (Å²) < 4.78 is 10.5. The number of unbranched alkanes of at least 4 members (excludes halogenated alkanes) is 1. The highest BCUT2D eigenvalue weighted by molar-refractivity contribution is 7.80. The van der Waals surface area contributed by atoms with E-state index in [4.69, 9.17) is 27.0 Å². The monoisotopic (exact) mass is 345 g/mol. The second-order valence-electron chi connectivity index (χ2n) is 5.24. The fourth-order valence-corrected chi connectivity index (χ4v) is 2.72. The second-order valence-corrected chi connectivity index (χ2v) is 5.65. The normalized spacial score (nSPS) is 16.7. The van der Waals surface area contributed by atoms with E-state index in [-0.39, 0.29) is 0 Å². The van der Waals surface area contributed by atoms with Crippen molar-refractivity contribution in [3.63, 3.8) is 0 Å². The first-order chi connectivity index (χ1) is 11.6. The van der Waals surface area contributed by atoms with E-state index in [2.05, 4.69) is 16.7 Å². The first-order valence-corrected chi connectivity index (χ1v) is 7.94. The fourth-order valence-electron chi connectivity index (χ4n) is 2.45. The van der Waals surface area contributed by atoms with Gasteiger partial charge in [0.05, 0.1) is 31.4 Å². The second kappa shape index (κ2) is 8.31. The van der Waals surface area contributed by atoms with E-state index in [0.717, 1.165) is 5.56 Å². The molecule has 0 fully saturated rings. The zero-order valence-electron chi connectivity index (χ0n) is 13.6. The Labute approximate surface area is 146 Å². The van der Waals surface area contributed by atoms with Gasteiger partial charge in [0.2, 0.25) is 0 Å². The minimum atomic E-state index is -0.416. The van der Waals surface area contributed by atoms with Crippen LogP contribution in [0.1, 0.15) is 31.4 Å². The number of hydrogen-bond acceptors (Lipinski definition) is 5. The predicted octanol–water partition coefficient (Wildman–Crippen LogP) is 2.33. The molecule has 2 rings (SSSR count). The number of carbonyl (C=O) groups excluding carboxylic acids is 1. The molecular weight excluding hydrogens is 326 g/mol. The summed E-state index contributed by atoms with van der Waals surface area (Å²) in [5.74, 6) is 0.263. The Morgan fingerprint density at radius 3 is 2.96 bits per heavy atom. The maximum Gasteiger partial charge on any atom is 0.337 e. The van der Waals surface area contributed by atoms with Crippen molar-refractivity contribution >= 4 is 23.3 Å². The molecule has 0 aliphatic carbocycles. The van der Waals surface area contributed by atoms with Gasteiger partial charge in [0.15, 0.2) is 5.11 Å². The molecular formula is C17H19N3O3S. The lowest BCUT2D eigenvalue weighted by Gasteiger charge is -2.29. The Morgan fingerprint density at radius 1 is 1.46 bits per heavy atom. The van der Waals surface area contributed by atoms with Gasteiger partial charge in [-0.25, -0.2) is 4.79 Å².